The quantitative estimate of drug-likeness (QED) is 0.821. The summed E-state index contributed by atoms with van der Waals surface area (Å²) >= 11 is 0. The van der Waals surface area contributed by atoms with Crippen LogP contribution in [0.25, 0.3) is 6.08 Å². The SMILES string of the molecule is C/C(=C\c1ccc(C)cn1)CNCC(C)C. The average Bonchev–Trinajstić information content (AvgIpc) is 2.21. The first-order chi connectivity index (χ1) is 7.58. The molecule has 0 aliphatic carbocycles. The minimum atomic E-state index is 0.699. The number of aryl methyl sites for hydroxylation is 1. The maximum atomic E-state index is 4.36. The zero-order valence-corrected chi connectivity index (χ0v) is 10.7. The van der Waals surface area contributed by atoms with E-state index in [9.17, 15) is 0 Å². The molecule has 0 spiro atoms. The molecule has 0 saturated carbocycles. The van der Waals surface area contributed by atoms with Gasteiger partial charge in [0.25, 0.3) is 0 Å². The molecule has 0 radical (unpaired) electrons. The fourth-order valence-electron chi connectivity index (χ4n) is 1.43. The molecule has 1 aromatic heterocycles. The molecular weight excluding hydrogens is 196 g/mol. The Morgan fingerprint density at radius 2 is 2.19 bits per heavy atom. The summed E-state index contributed by atoms with van der Waals surface area (Å²) in [7, 11) is 0. The van der Waals surface area contributed by atoms with Gasteiger partial charge in [-0.25, -0.2) is 0 Å². The van der Waals surface area contributed by atoms with Crippen molar-refractivity contribution < 1.29 is 0 Å². The van der Waals surface area contributed by atoms with Crippen LogP contribution in [-0.2, 0) is 0 Å². The lowest BCUT2D eigenvalue weighted by Crippen LogP contribution is -2.21. The predicted molar refractivity (Wildman–Crippen MR) is 70.3 cm³/mol. The van der Waals surface area contributed by atoms with Gasteiger partial charge in [0.2, 0.25) is 0 Å². The lowest BCUT2D eigenvalue weighted by atomic mass is 10.2. The molecule has 0 saturated heterocycles. The van der Waals surface area contributed by atoms with E-state index in [1.165, 1.54) is 11.1 Å². The Morgan fingerprint density at radius 1 is 1.44 bits per heavy atom. The van der Waals surface area contributed by atoms with Crippen molar-refractivity contribution in [1.29, 1.82) is 0 Å². The van der Waals surface area contributed by atoms with Gasteiger partial charge in [-0.2, -0.15) is 0 Å². The fourth-order valence-corrected chi connectivity index (χ4v) is 1.43. The summed E-state index contributed by atoms with van der Waals surface area (Å²) in [5.41, 5.74) is 3.55. The first-order valence-electron chi connectivity index (χ1n) is 5.88. The van der Waals surface area contributed by atoms with Crippen LogP contribution in [0.5, 0.6) is 0 Å². The largest absolute Gasteiger partial charge is 0.313 e. The van der Waals surface area contributed by atoms with Crippen LogP contribution in [-0.4, -0.2) is 18.1 Å². The second-order valence-corrected chi connectivity index (χ2v) is 4.78. The van der Waals surface area contributed by atoms with E-state index in [-0.39, 0.29) is 0 Å². The maximum absolute atomic E-state index is 4.36. The van der Waals surface area contributed by atoms with Gasteiger partial charge in [0.15, 0.2) is 0 Å². The molecule has 0 aliphatic heterocycles. The Bertz CT molecular complexity index is 336. The fraction of sp³-hybridized carbons (Fsp3) is 0.500. The molecule has 1 rings (SSSR count). The molecule has 0 aromatic carbocycles. The van der Waals surface area contributed by atoms with Crippen LogP contribution in [0.1, 0.15) is 32.0 Å². The second kappa shape index (κ2) is 6.44. The van der Waals surface area contributed by atoms with Crippen molar-refractivity contribution in [2.45, 2.75) is 27.7 Å². The van der Waals surface area contributed by atoms with E-state index >= 15 is 0 Å². The van der Waals surface area contributed by atoms with Crippen LogP contribution in [0.2, 0.25) is 0 Å². The van der Waals surface area contributed by atoms with Crippen molar-refractivity contribution in [2.24, 2.45) is 5.92 Å². The lowest BCUT2D eigenvalue weighted by Gasteiger charge is -2.07. The monoisotopic (exact) mass is 218 g/mol. The van der Waals surface area contributed by atoms with Crippen molar-refractivity contribution in [3.8, 4) is 0 Å². The maximum Gasteiger partial charge on any atom is 0.0629 e. The molecule has 0 unspecified atom stereocenters. The summed E-state index contributed by atoms with van der Waals surface area (Å²) in [5, 5.41) is 3.42. The topological polar surface area (TPSA) is 24.9 Å². The zero-order chi connectivity index (χ0) is 12.0. The highest BCUT2D eigenvalue weighted by molar-refractivity contribution is 5.48. The summed E-state index contributed by atoms with van der Waals surface area (Å²) in [5.74, 6) is 0.699. The number of pyridine rings is 1. The zero-order valence-electron chi connectivity index (χ0n) is 10.7. The first-order valence-corrected chi connectivity index (χ1v) is 5.88. The highest BCUT2D eigenvalue weighted by Gasteiger charge is 1.95. The third-order valence-corrected chi connectivity index (χ3v) is 2.28. The van der Waals surface area contributed by atoms with Gasteiger partial charge in [0.1, 0.15) is 0 Å². The normalized spacial score (nSPS) is 12.2. The van der Waals surface area contributed by atoms with Crippen LogP contribution in [0, 0.1) is 12.8 Å². The molecule has 88 valence electrons. The minimum Gasteiger partial charge on any atom is -0.313 e. The van der Waals surface area contributed by atoms with Gasteiger partial charge in [-0.3, -0.25) is 4.98 Å². The van der Waals surface area contributed by atoms with Gasteiger partial charge in [0, 0.05) is 12.7 Å². The van der Waals surface area contributed by atoms with E-state index < -0.39 is 0 Å². The Morgan fingerprint density at radius 3 is 2.75 bits per heavy atom. The van der Waals surface area contributed by atoms with Crippen LogP contribution in [0.3, 0.4) is 0 Å². The average molecular weight is 218 g/mol. The Labute approximate surface area is 98.8 Å². The third-order valence-electron chi connectivity index (χ3n) is 2.28. The number of nitrogens with zero attached hydrogens (tertiary/aromatic N) is 1. The second-order valence-electron chi connectivity index (χ2n) is 4.78. The van der Waals surface area contributed by atoms with Crippen LogP contribution < -0.4 is 5.32 Å². The molecule has 0 amide bonds. The van der Waals surface area contributed by atoms with E-state index in [2.05, 4.69) is 56.2 Å². The molecule has 1 N–H and O–H groups in total. The van der Waals surface area contributed by atoms with Crippen molar-refractivity contribution >= 4 is 6.08 Å². The van der Waals surface area contributed by atoms with E-state index in [0.717, 1.165) is 18.8 Å². The van der Waals surface area contributed by atoms with E-state index in [0.29, 0.717) is 5.92 Å². The summed E-state index contributed by atoms with van der Waals surface area (Å²) in [6, 6.07) is 4.15. The lowest BCUT2D eigenvalue weighted by molar-refractivity contribution is 0.572. The Kier molecular flexibility index (Phi) is 5.20. The van der Waals surface area contributed by atoms with Crippen molar-refractivity contribution in [3.05, 3.63) is 35.2 Å². The van der Waals surface area contributed by atoms with E-state index in [4.69, 9.17) is 0 Å². The van der Waals surface area contributed by atoms with Crippen LogP contribution in [0.4, 0.5) is 0 Å². The minimum absolute atomic E-state index is 0.699. The molecular formula is C14H22N2. The van der Waals surface area contributed by atoms with E-state index in [1.807, 2.05) is 6.20 Å². The molecule has 2 nitrogen and oxygen atoms in total. The highest BCUT2D eigenvalue weighted by atomic mass is 14.9. The molecule has 2 heteroatoms. The van der Waals surface area contributed by atoms with Gasteiger partial charge in [-0.05, 0) is 44.0 Å². The molecule has 16 heavy (non-hydrogen) atoms. The number of aromatic nitrogens is 1. The van der Waals surface area contributed by atoms with Crippen molar-refractivity contribution in [1.82, 2.24) is 10.3 Å². The summed E-state index contributed by atoms with van der Waals surface area (Å²) in [6.45, 7) is 10.6. The summed E-state index contributed by atoms with van der Waals surface area (Å²) in [6.07, 6.45) is 4.04. The van der Waals surface area contributed by atoms with Crippen molar-refractivity contribution in [2.75, 3.05) is 13.1 Å². The number of hydrogen-bond donors (Lipinski definition) is 1. The van der Waals surface area contributed by atoms with E-state index in [1.54, 1.807) is 0 Å². The summed E-state index contributed by atoms with van der Waals surface area (Å²) in [4.78, 5) is 4.36. The number of rotatable bonds is 5. The van der Waals surface area contributed by atoms with Crippen LogP contribution >= 0.6 is 0 Å². The summed E-state index contributed by atoms with van der Waals surface area (Å²) < 4.78 is 0. The smallest absolute Gasteiger partial charge is 0.0629 e. The van der Waals surface area contributed by atoms with Crippen LogP contribution in [0.15, 0.2) is 23.9 Å². The van der Waals surface area contributed by atoms with Gasteiger partial charge in [-0.1, -0.05) is 25.5 Å². The Balaban J connectivity index is 2.46. The molecule has 0 atom stereocenters. The molecule has 0 fully saturated rings. The predicted octanol–water partition coefficient (Wildman–Crippen LogP) is 3.04. The van der Waals surface area contributed by atoms with Gasteiger partial charge < -0.3 is 5.32 Å². The van der Waals surface area contributed by atoms with Gasteiger partial charge in [-0.15, -0.1) is 0 Å². The third kappa shape index (κ3) is 5.08. The molecule has 1 heterocycles. The van der Waals surface area contributed by atoms with Crippen molar-refractivity contribution in [3.63, 3.8) is 0 Å². The van der Waals surface area contributed by atoms with Gasteiger partial charge >= 0.3 is 0 Å². The molecule has 0 aliphatic rings. The standard InChI is InChI=1S/C14H22N2/c1-11(2)8-15-9-13(4)7-14-6-5-12(3)10-16-14/h5-7,10-11,15H,8-9H2,1-4H3/b13-7+. The molecule has 0 bridgehead atoms. The Hall–Kier alpha value is -1.15. The highest BCUT2D eigenvalue weighted by Crippen LogP contribution is 2.04. The molecule has 1 aromatic rings. The number of hydrogen-bond acceptors (Lipinski definition) is 2. The number of nitrogens with one attached hydrogen (secondary N) is 1. The van der Waals surface area contributed by atoms with Gasteiger partial charge in [0.05, 0.1) is 5.69 Å². The first kappa shape index (κ1) is 12.9.